The first-order valence-corrected chi connectivity index (χ1v) is 6.48. The number of H-pyrrole nitrogens is 1. The molecule has 0 aromatic carbocycles. The number of carbonyl (C=O) groups is 1. The van der Waals surface area contributed by atoms with Crippen LogP contribution in [0.15, 0.2) is 6.20 Å². The Labute approximate surface area is 116 Å². The van der Waals surface area contributed by atoms with Gasteiger partial charge in [0.05, 0.1) is 11.6 Å². The third kappa shape index (κ3) is 3.14. The van der Waals surface area contributed by atoms with Crippen molar-refractivity contribution in [1.82, 2.24) is 25.5 Å². The van der Waals surface area contributed by atoms with Crippen LogP contribution in [-0.4, -0.2) is 38.7 Å². The van der Waals surface area contributed by atoms with Crippen LogP contribution in [0, 0.1) is 5.92 Å². The molecule has 1 amide bonds. The number of nitrogen functional groups attached to an aromatic ring is 1. The number of hydrogen-bond acceptors (Lipinski definition) is 6. The summed E-state index contributed by atoms with van der Waals surface area (Å²) in [4.78, 5) is 20.1. The monoisotopic (exact) mass is 277 g/mol. The predicted octanol–water partition coefficient (Wildman–Crippen LogP) is 0.508. The summed E-state index contributed by atoms with van der Waals surface area (Å²) < 4.78 is 0. The number of nitrogens with one attached hydrogen (secondary N) is 3. The summed E-state index contributed by atoms with van der Waals surface area (Å²) in [6.45, 7) is 6.48. The highest BCUT2D eigenvalue weighted by Crippen LogP contribution is 2.19. The van der Waals surface area contributed by atoms with E-state index in [0.717, 1.165) is 0 Å². The van der Waals surface area contributed by atoms with Gasteiger partial charge in [0, 0.05) is 6.54 Å². The summed E-state index contributed by atoms with van der Waals surface area (Å²) in [5.41, 5.74) is 6.16. The lowest BCUT2D eigenvalue weighted by molar-refractivity contribution is -0.121. The zero-order valence-corrected chi connectivity index (χ0v) is 11.8. The third-order valence-electron chi connectivity index (χ3n) is 2.76. The summed E-state index contributed by atoms with van der Waals surface area (Å²) in [5, 5.41) is 13.2. The van der Waals surface area contributed by atoms with Gasteiger partial charge in [0.1, 0.15) is 11.9 Å². The van der Waals surface area contributed by atoms with Crippen LogP contribution in [0.2, 0.25) is 0 Å². The maximum Gasteiger partial charge on any atom is 0.242 e. The van der Waals surface area contributed by atoms with Crippen LogP contribution in [0.5, 0.6) is 0 Å². The van der Waals surface area contributed by atoms with Crippen molar-refractivity contribution in [2.75, 3.05) is 17.6 Å². The van der Waals surface area contributed by atoms with Crippen molar-refractivity contribution in [1.29, 1.82) is 0 Å². The highest BCUT2D eigenvalue weighted by Gasteiger charge is 2.16. The Bertz CT molecular complexity index is 607. The lowest BCUT2D eigenvalue weighted by atomic mass is 10.2. The largest absolute Gasteiger partial charge is 0.368 e. The maximum absolute atomic E-state index is 11.9. The van der Waals surface area contributed by atoms with E-state index in [1.165, 1.54) is 0 Å². The van der Waals surface area contributed by atoms with Gasteiger partial charge >= 0.3 is 0 Å². The van der Waals surface area contributed by atoms with Gasteiger partial charge < -0.3 is 16.4 Å². The zero-order valence-electron chi connectivity index (χ0n) is 11.8. The van der Waals surface area contributed by atoms with E-state index in [2.05, 4.69) is 30.8 Å². The Morgan fingerprint density at radius 1 is 1.40 bits per heavy atom. The molecule has 2 aromatic rings. The number of nitrogens with two attached hydrogens (primary N) is 1. The first kappa shape index (κ1) is 14.0. The lowest BCUT2D eigenvalue weighted by Crippen LogP contribution is -2.39. The van der Waals surface area contributed by atoms with Gasteiger partial charge in [-0.25, -0.2) is 0 Å². The number of hydrogen-bond donors (Lipinski definition) is 4. The van der Waals surface area contributed by atoms with Crippen molar-refractivity contribution in [3.63, 3.8) is 0 Å². The van der Waals surface area contributed by atoms with E-state index in [9.17, 15) is 4.79 Å². The fourth-order valence-electron chi connectivity index (χ4n) is 1.69. The van der Waals surface area contributed by atoms with Crippen LogP contribution in [0.4, 0.5) is 11.8 Å². The van der Waals surface area contributed by atoms with Crippen molar-refractivity contribution in [2.45, 2.75) is 26.8 Å². The Morgan fingerprint density at radius 3 is 2.85 bits per heavy atom. The van der Waals surface area contributed by atoms with Crippen molar-refractivity contribution >= 4 is 28.7 Å². The highest BCUT2D eigenvalue weighted by atomic mass is 16.2. The van der Waals surface area contributed by atoms with Gasteiger partial charge in [0.25, 0.3) is 0 Å². The molecule has 5 N–H and O–H groups in total. The molecule has 0 aliphatic carbocycles. The highest BCUT2D eigenvalue weighted by molar-refractivity contribution is 5.90. The number of fused-ring (bicyclic) bond motifs is 1. The van der Waals surface area contributed by atoms with Crippen LogP contribution < -0.4 is 16.4 Å². The van der Waals surface area contributed by atoms with E-state index in [4.69, 9.17) is 5.73 Å². The molecule has 0 bridgehead atoms. The van der Waals surface area contributed by atoms with Crippen molar-refractivity contribution in [3.8, 4) is 0 Å². The standard InChI is InChI=1S/C12H19N7O/c1-6(2)4-14-11(20)7(3)16-9-8-5-15-19-10(8)18-12(13)17-9/h5-7H,4H2,1-3H3,(H,14,20)(H4,13,15,16,17,18,19). The van der Waals surface area contributed by atoms with Crippen LogP contribution in [-0.2, 0) is 4.79 Å². The number of aromatic amines is 1. The fourth-order valence-corrected chi connectivity index (χ4v) is 1.69. The van der Waals surface area contributed by atoms with E-state index < -0.39 is 6.04 Å². The van der Waals surface area contributed by atoms with Crippen LogP contribution >= 0.6 is 0 Å². The first-order valence-electron chi connectivity index (χ1n) is 6.48. The van der Waals surface area contributed by atoms with Crippen molar-refractivity contribution in [2.24, 2.45) is 5.92 Å². The minimum Gasteiger partial charge on any atom is -0.368 e. The molecule has 1 atom stereocenters. The average molecular weight is 277 g/mol. The molecule has 1 unspecified atom stereocenters. The lowest BCUT2D eigenvalue weighted by Gasteiger charge is -2.16. The minimum absolute atomic E-state index is 0.0903. The number of nitrogens with zero attached hydrogens (tertiary/aromatic N) is 3. The average Bonchev–Trinajstić information content (AvgIpc) is 2.83. The normalized spacial score (nSPS) is 12.6. The number of anilines is 2. The van der Waals surface area contributed by atoms with E-state index in [-0.39, 0.29) is 11.9 Å². The smallest absolute Gasteiger partial charge is 0.242 e. The van der Waals surface area contributed by atoms with Gasteiger partial charge in [-0.3, -0.25) is 9.89 Å². The molecule has 0 saturated carbocycles. The molecule has 0 aliphatic rings. The summed E-state index contributed by atoms with van der Waals surface area (Å²) in [5.74, 6) is 0.932. The summed E-state index contributed by atoms with van der Waals surface area (Å²) >= 11 is 0. The summed E-state index contributed by atoms with van der Waals surface area (Å²) in [6.07, 6.45) is 1.59. The Morgan fingerprint density at radius 2 is 2.15 bits per heavy atom. The second-order valence-electron chi connectivity index (χ2n) is 5.07. The Balaban J connectivity index is 2.11. The number of carbonyl (C=O) groups excluding carboxylic acids is 1. The summed E-state index contributed by atoms with van der Waals surface area (Å²) in [7, 11) is 0. The minimum atomic E-state index is -0.429. The Kier molecular flexibility index (Phi) is 4.02. The number of rotatable bonds is 5. The number of aromatic nitrogens is 4. The Hall–Kier alpha value is -2.38. The molecular weight excluding hydrogens is 258 g/mol. The number of amides is 1. The van der Waals surface area contributed by atoms with Crippen LogP contribution in [0.25, 0.3) is 11.0 Å². The second-order valence-corrected chi connectivity index (χ2v) is 5.07. The third-order valence-corrected chi connectivity index (χ3v) is 2.76. The topological polar surface area (TPSA) is 122 Å². The van der Waals surface area contributed by atoms with Gasteiger partial charge in [0.15, 0.2) is 5.65 Å². The molecule has 0 spiro atoms. The molecule has 2 aromatic heterocycles. The van der Waals surface area contributed by atoms with Gasteiger partial charge in [-0.1, -0.05) is 13.8 Å². The van der Waals surface area contributed by atoms with Gasteiger partial charge in [-0.15, -0.1) is 0 Å². The van der Waals surface area contributed by atoms with Gasteiger partial charge in [-0.2, -0.15) is 15.1 Å². The molecule has 0 fully saturated rings. The molecular formula is C12H19N7O. The van der Waals surface area contributed by atoms with Crippen molar-refractivity contribution < 1.29 is 4.79 Å². The maximum atomic E-state index is 11.9. The van der Waals surface area contributed by atoms with E-state index in [1.807, 2.05) is 13.8 Å². The second kappa shape index (κ2) is 5.72. The molecule has 8 heteroatoms. The van der Waals surface area contributed by atoms with Gasteiger partial charge in [0.2, 0.25) is 11.9 Å². The predicted molar refractivity (Wildman–Crippen MR) is 77.0 cm³/mol. The fraction of sp³-hybridized carbons (Fsp3) is 0.500. The molecule has 2 rings (SSSR count). The van der Waals surface area contributed by atoms with Crippen LogP contribution in [0.3, 0.4) is 0 Å². The first-order chi connectivity index (χ1) is 9.47. The molecule has 108 valence electrons. The molecule has 0 aliphatic heterocycles. The molecule has 0 saturated heterocycles. The van der Waals surface area contributed by atoms with E-state index >= 15 is 0 Å². The SMILES string of the molecule is CC(C)CNC(=O)C(C)Nc1nc(N)nc2[nH]ncc12. The molecule has 20 heavy (non-hydrogen) atoms. The van der Waals surface area contributed by atoms with Crippen molar-refractivity contribution in [3.05, 3.63) is 6.20 Å². The molecule has 0 radical (unpaired) electrons. The molecule has 8 nitrogen and oxygen atoms in total. The van der Waals surface area contributed by atoms with Crippen LogP contribution in [0.1, 0.15) is 20.8 Å². The molecule has 2 heterocycles. The van der Waals surface area contributed by atoms with Gasteiger partial charge in [-0.05, 0) is 12.8 Å². The van der Waals surface area contributed by atoms with E-state index in [0.29, 0.717) is 29.3 Å². The van der Waals surface area contributed by atoms with E-state index in [1.54, 1.807) is 13.1 Å². The zero-order chi connectivity index (χ0) is 14.7. The summed E-state index contributed by atoms with van der Waals surface area (Å²) in [6, 6.07) is -0.429. The quantitative estimate of drug-likeness (QED) is 0.631.